The first-order chi connectivity index (χ1) is 15.9. The van der Waals surface area contributed by atoms with Gasteiger partial charge in [-0.25, -0.2) is 0 Å². The molecule has 0 amide bonds. The Morgan fingerprint density at radius 1 is 0.970 bits per heavy atom. The molecule has 0 saturated heterocycles. The largest absolute Gasteiger partial charge is 0.497 e. The van der Waals surface area contributed by atoms with Crippen molar-refractivity contribution in [1.29, 1.82) is 0 Å². The van der Waals surface area contributed by atoms with Gasteiger partial charge in [0.2, 0.25) is 0 Å². The lowest BCUT2D eigenvalue weighted by molar-refractivity contribution is -0.138. The Labute approximate surface area is 195 Å². The first-order valence-electron chi connectivity index (χ1n) is 10.9. The lowest BCUT2D eigenvalue weighted by atomic mass is 9.95. The van der Waals surface area contributed by atoms with E-state index in [1.165, 1.54) is 30.3 Å². The van der Waals surface area contributed by atoms with Crippen LogP contribution in [-0.2, 0) is 11.9 Å². The molecule has 1 fully saturated rings. The van der Waals surface area contributed by atoms with Crippen LogP contribution in [-0.4, -0.2) is 29.0 Å². The Hall–Kier alpha value is -2.68. The van der Waals surface area contributed by atoms with E-state index >= 15 is 0 Å². The van der Waals surface area contributed by atoms with Crippen molar-refractivity contribution in [3.05, 3.63) is 53.6 Å². The minimum Gasteiger partial charge on any atom is -0.497 e. The third-order valence-corrected chi connectivity index (χ3v) is 6.89. The third-order valence-electron chi connectivity index (χ3n) is 5.89. The van der Waals surface area contributed by atoms with Gasteiger partial charge in [-0.1, -0.05) is 49.2 Å². The number of nitrogens with zero attached hydrogens (tertiary/aromatic N) is 3. The smallest absolute Gasteiger partial charge is 0.416 e. The number of halogens is 3. The zero-order chi connectivity index (χ0) is 23.4. The number of hydrogen-bond acceptors (Lipinski definition) is 5. The average molecular weight is 478 g/mol. The summed E-state index contributed by atoms with van der Waals surface area (Å²) in [6.07, 6.45) is 0.964. The van der Waals surface area contributed by atoms with Gasteiger partial charge in [0, 0.05) is 23.4 Å². The summed E-state index contributed by atoms with van der Waals surface area (Å²) in [5.41, 5.74) is 0.420. The van der Waals surface area contributed by atoms with Gasteiger partial charge in [-0.2, -0.15) is 13.2 Å². The monoisotopic (exact) mass is 477 g/mol. The topological polar surface area (TPSA) is 49.2 Å². The third kappa shape index (κ3) is 5.29. The van der Waals surface area contributed by atoms with Gasteiger partial charge in [-0.3, -0.25) is 4.57 Å². The zero-order valence-electron chi connectivity index (χ0n) is 18.6. The summed E-state index contributed by atoms with van der Waals surface area (Å²) in [5.74, 6) is 2.10. The van der Waals surface area contributed by atoms with E-state index < -0.39 is 11.7 Å². The second kappa shape index (κ2) is 10.1. The van der Waals surface area contributed by atoms with Crippen LogP contribution in [0.25, 0.3) is 11.4 Å². The number of alkyl halides is 3. The Bertz CT molecular complexity index is 1070. The Balaban J connectivity index is 1.71. The SMILES string of the molecule is COc1cc(OC)cc(-c2nnc(SCc3ccccc3C(F)(F)F)n2C2CCCCC2)c1. The lowest BCUT2D eigenvalue weighted by Crippen LogP contribution is -2.15. The summed E-state index contributed by atoms with van der Waals surface area (Å²) < 4.78 is 53.3. The van der Waals surface area contributed by atoms with Crippen LogP contribution in [0.5, 0.6) is 11.5 Å². The van der Waals surface area contributed by atoms with Gasteiger partial charge in [0.1, 0.15) is 11.5 Å². The molecule has 5 nitrogen and oxygen atoms in total. The number of thioether (sulfide) groups is 1. The minimum absolute atomic E-state index is 0.155. The van der Waals surface area contributed by atoms with E-state index in [-0.39, 0.29) is 17.4 Å². The fourth-order valence-electron chi connectivity index (χ4n) is 4.24. The first-order valence-corrected chi connectivity index (χ1v) is 11.9. The fourth-order valence-corrected chi connectivity index (χ4v) is 5.25. The number of ether oxygens (including phenoxy) is 2. The molecule has 3 aromatic rings. The molecule has 1 aliphatic rings. The number of methoxy groups -OCH3 is 2. The van der Waals surface area contributed by atoms with Crippen LogP contribution < -0.4 is 9.47 Å². The summed E-state index contributed by atoms with van der Waals surface area (Å²) >= 11 is 1.29. The molecule has 1 aliphatic carbocycles. The molecular weight excluding hydrogens is 451 g/mol. The molecule has 176 valence electrons. The summed E-state index contributed by atoms with van der Waals surface area (Å²) in [5, 5.41) is 9.47. The lowest BCUT2D eigenvalue weighted by Gasteiger charge is -2.26. The molecule has 0 unspecified atom stereocenters. The van der Waals surface area contributed by atoms with E-state index in [0.717, 1.165) is 37.3 Å². The van der Waals surface area contributed by atoms with Crippen LogP contribution in [0.1, 0.15) is 49.3 Å². The van der Waals surface area contributed by atoms with Crippen LogP contribution in [0.15, 0.2) is 47.6 Å². The maximum Gasteiger partial charge on any atom is 0.416 e. The highest BCUT2D eigenvalue weighted by molar-refractivity contribution is 7.98. The van der Waals surface area contributed by atoms with E-state index in [1.54, 1.807) is 26.4 Å². The minimum atomic E-state index is -4.39. The number of aromatic nitrogens is 3. The second-order valence-electron chi connectivity index (χ2n) is 8.01. The number of benzene rings is 2. The van der Waals surface area contributed by atoms with Crippen LogP contribution >= 0.6 is 11.8 Å². The van der Waals surface area contributed by atoms with Crippen molar-refractivity contribution in [1.82, 2.24) is 14.8 Å². The molecule has 0 atom stereocenters. The predicted molar refractivity (Wildman–Crippen MR) is 122 cm³/mol. The van der Waals surface area contributed by atoms with E-state index in [4.69, 9.17) is 9.47 Å². The Morgan fingerprint density at radius 2 is 1.64 bits per heavy atom. The van der Waals surface area contributed by atoms with E-state index in [2.05, 4.69) is 14.8 Å². The molecule has 0 radical (unpaired) electrons. The maximum absolute atomic E-state index is 13.4. The van der Waals surface area contributed by atoms with Crippen molar-refractivity contribution < 1.29 is 22.6 Å². The molecule has 0 spiro atoms. The summed E-state index contributed by atoms with van der Waals surface area (Å²) in [7, 11) is 3.17. The molecule has 1 saturated carbocycles. The van der Waals surface area contributed by atoms with Gasteiger partial charge in [0.15, 0.2) is 11.0 Å². The number of hydrogen-bond donors (Lipinski definition) is 0. The van der Waals surface area contributed by atoms with Gasteiger partial charge in [-0.05, 0) is 36.6 Å². The first kappa shape index (κ1) is 23.5. The van der Waals surface area contributed by atoms with Crippen molar-refractivity contribution in [2.24, 2.45) is 0 Å². The van der Waals surface area contributed by atoms with Crippen LogP contribution in [0.4, 0.5) is 13.2 Å². The van der Waals surface area contributed by atoms with Crippen molar-refractivity contribution >= 4 is 11.8 Å². The average Bonchev–Trinajstić information content (AvgIpc) is 3.26. The van der Waals surface area contributed by atoms with Gasteiger partial charge < -0.3 is 9.47 Å². The normalized spacial score (nSPS) is 14.9. The molecule has 2 aromatic carbocycles. The highest BCUT2D eigenvalue weighted by Crippen LogP contribution is 2.39. The molecule has 9 heteroatoms. The highest BCUT2D eigenvalue weighted by Gasteiger charge is 2.33. The molecule has 0 aliphatic heterocycles. The Morgan fingerprint density at radius 3 is 2.27 bits per heavy atom. The van der Waals surface area contributed by atoms with Crippen molar-refractivity contribution in [2.75, 3.05) is 14.2 Å². The van der Waals surface area contributed by atoms with Gasteiger partial charge in [0.25, 0.3) is 0 Å². The quantitative estimate of drug-likeness (QED) is 0.351. The second-order valence-corrected chi connectivity index (χ2v) is 8.96. The van der Waals surface area contributed by atoms with Crippen molar-refractivity contribution in [3.8, 4) is 22.9 Å². The van der Waals surface area contributed by atoms with E-state index in [1.807, 2.05) is 12.1 Å². The summed E-state index contributed by atoms with van der Waals surface area (Å²) in [4.78, 5) is 0. The number of rotatable bonds is 7. The van der Waals surface area contributed by atoms with Crippen molar-refractivity contribution in [3.63, 3.8) is 0 Å². The summed E-state index contributed by atoms with van der Waals surface area (Å²) in [6.45, 7) is 0. The van der Waals surface area contributed by atoms with Gasteiger partial charge in [0.05, 0.1) is 19.8 Å². The molecule has 1 heterocycles. The molecule has 0 bridgehead atoms. The van der Waals surface area contributed by atoms with Gasteiger partial charge in [-0.15, -0.1) is 10.2 Å². The maximum atomic E-state index is 13.4. The Kier molecular flexibility index (Phi) is 7.17. The van der Waals surface area contributed by atoms with Crippen molar-refractivity contribution in [2.45, 2.75) is 55.2 Å². The summed E-state index contributed by atoms with van der Waals surface area (Å²) in [6, 6.07) is 11.4. The molecule has 1 aromatic heterocycles. The highest BCUT2D eigenvalue weighted by atomic mass is 32.2. The molecule has 33 heavy (non-hydrogen) atoms. The molecular formula is C24H26F3N3O2S. The fraction of sp³-hybridized carbons (Fsp3) is 0.417. The van der Waals surface area contributed by atoms with Crippen LogP contribution in [0, 0.1) is 0 Å². The van der Waals surface area contributed by atoms with Crippen LogP contribution in [0.3, 0.4) is 0 Å². The zero-order valence-corrected chi connectivity index (χ0v) is 19.4. The predicted octanol–water partition coefficient (Wildman–Crippen LogP) is 6.78. The standard InChI is InChI=1S/C24H26F3N3O2S/c1-31-19-12-17(13-20(14-19)32-2)22-28-29-23(30(22)18-9-4-3-5-10-18)33-15-16-8-6-7-11-21(16)24(25,26)27/h6-8,11-14,18H,3-5,9-10,15H2,1-2H3. The van der Waals surface area contributed by atoms with Gasteiger partial charge >= 0.3 is 6.18 Å². The molecule has 0 N–H and O–H groups in total. The van der Waals surface area contributed by atoms with E-state index in [9.17, 15) is 13.2 Å². The van der Waals surface area contributed by atoms with Crippen LogP contribution in [0.2, 0.25) is 0 Å². The molecule has 4 rings (SSSR count). The van der Waals surface area contributed by atoms with E-state index in [0.29, 0.717) is 22.5 Å².